The van der Waals surface area contributed by atoms with Gasteiger partial charge in [0.1, 0.15) is 0 Å². The van der Waals surface area contributed by atoms with Gasteiger partial charge < -0.3 is 9.47 Å². The van der Waals surface area contributed by atoms with E-state index in [-0.39, 0.29) is 5.75 Å². The molecule has 0 atom stereocenters. The maximum absolute atomic E-state index is 12.7. The van der Waals surface area contributed by atoms with Gasteiger partial charge in [0.2, 0.25) is 5.75 Å². The van der Waals surface area contributed by atoms with Crippen LogP contribution in [0.25, 0.3) is 0 Å². The van der Waals surface area contributed by atoms with Gasteiger partial charge in [-0.15, -0.1) is 0 Å². The highest BCUT2D eigenvalue weighted by Gasteiger charge is 2.08. The first-order valence-corrected chi connectivity index (χ1v) is 3.02. The molecule has 0 saturated heterocycles. The number of rotatable bonds is 2. The van der Waals surface area contributed by atoms with E-state index in [1.54, 1.807) is 0 Å². The highest BCUT2D eigenvalue weighted by atomic mass is 19.1. The molecular formula is C7H8FNO2. The molecule has 4 heteroatoms. The fraction of sp³-hybridized carbons (Fsp3) is 0.286. The van der Waals surface area contributed by atoms with Crippen molar-refractivity contribution in [3.63, 3.8) is 0 Å². The summed E-state index contributed by atoms with van der Waals surface area (Å²) in [7, 11) is 2.81. The van der Waals surface area contributed by atoms with Gasteiger partial charge in [-0.3, -0.25) is 0 Å². The van der Waals surface area contributed by atoms with E-state index in [2.05, 4.69) is 4.98 Å². The van der Waals surface area contributed by atoms with Gasteiger partial charge in [0, 0.05) is 12.3 Å². The molecule has 0 aliphatic heterocycles. The largest absolute Gasteiger partial charge is 0.493 e. The van der Waals surface area contributed by atoms with E-state index in [9.17, 15) is 4.39 Å². The molecule has 0 saturated carbocycles. The van der Waals surface area contributed by atoms with Crippen molar-refractivity contribution in [1.82, 2.24) is 4.98 Å². The average molecular weight is 157 g/mol. The molecule has 0 aromatic carbocycles. The Bertz CT molecular complexity index is 252. The minimum atomic E-state index is -0.660. The molecule has 1 aromatic rings. The summed E-state index contributed by atoms with van der Waals surface area (Å²) in [5.74, 6) is -0.276. The summed E-state index contributed by atoms with van der Waals surface area (Å²) in [6.45, 7) is 0. The van der Waals surface area contributed by atoms with E-state index in [0.717, 1.165) is 0 Å². The third-order valence-corrected chi connectivity index (χ3v) is 1.25. The lowest BCUT2D eigenvalue weighted by Crippen LogP contribution is -1.95. The second-order valence-corrected chi connectivity index (χ2v) is 1.84. The predicted octanol–water partition coefficient (Wildman–Crippen LogP) is 1.24. The molecule has 11 heavy (non-hydrogen) atoms. The van der Waals surface area contributed by atoms with Crippen molar-refractivity contribution in [3.05, 3.63) is 18.2 Å². The van der Waals surface area contributed by atoms with Crippen LogP contribution in [0.3, 0.4) is 0 Å². The highest BCUT2D eigenvalue weighted by Crippen LogP contribution is 2.27. The summed E-state index contributed by atoms with van der Waals surface area (Å²) in [6.07, 6.45) is 1.32. The van der Waals surface area contributed by atoms with Crippen LogP contribution in [-0.2, 0) is 0 Å². The topological polar surface area (TPSA) is 31.4 Å². The Kier molecular flexibility index (Phi) is 2.25. The van der Waals surface area contributed by atoms with Crippen molar-refractivity contribution in [3.8, 4) is 11.5 Å². The van der Waals surface area contributed by atoms with Crippen molar-refractivity contribution in [2.24, 2.45) is 0 Å². The van der Waals surface area contributed by atoms with Crippen LogP contribution in [-0.4, -0.2) is 19.2 Å². The lowest BCUT2D eigenvalue weighted by molar-refractivity contribution is 0.331. The van der Waals surface area contributed by atoms with E-state index in [1.165, 1.54) is 26.5 Å². The Morgan fingerprint density at radius 1 is 1.36 bits per heavy atom. The molecular weight excluding hydrogens is 149 g/mol. The molecule has 1 rings (SSSR count). The van der Waals surface area contributed by atoms with E-state index >= 15 is 0 Å². The second-order valence-electron chi connectivity index (χ2n) is 1.84. The molecule has 0 spiro atoms. The average Bonchev–Trinajstić information content (AvgIpc) is 2.04. The molecule has 0 radical (unpaired) electrons. The molecule has 3 nitrogen and oxygen atoms in total. The van der Waals surface area contributed by atoms with Crippen molar-refractivity contribution < 1.29 is 13.9 Å². The van der Waals surface area contributed by atoms with Crippen molar-refractivity contribution in [2.75, 3.05) is 14.2 Å². The molecule has 60 valence electrons. The first-order chi connectivity index (χ1) is 5.29. The molecule has 0 aliphatic carbocycles. The molecule has 0 bridgehead atoms. The Hall–Kier alpha value is -1.32. The van der Waals surface area contributed by atoms with Crippen molar-refractivity contribution >= 4 is 0 Å². The number of halogens is 1. The van der Waals surface area contributed by atoms with Gasteiger partial charge in [-0.25, -0.2) is 4.98 Å². The van der Waals surface area contributed by atoms with Crippen LogP contribution in [0.5, 0.6) is 11.5 Å². The van der Waals surface area contributed by atoms with Crippen LogP contribution in [0.15, 0.2) is 12.3 Å². The zero-order valence-corrected chi connectivity index (χ0v) is 6.30. The minimum Gasteiger partial charge on any atom is -0.493 e. The van der Waals surface area contributed by atoms with Gasteiger partial charge in [0.25, 0.3) is 5.95 Å². The molecule has 1 heterocycles. The predicted molar refractivity (Wildman–Crippen MR) is 37.3 cm³/mol. The Morgan fingerprint density at radius 3 is 2.55 bits per heavy atom. The minimum absolute atomic E-state index is 0.0370. The fourth-order valence-corrected chi connectivity index (χ4v) is 0.752. The van der Waals surface area contributed by atoms with Crippen molar-refractivity contribution in [1.29, 1.82) is 0 Å². The zero-order valence-electron chi connectivity index (χ0n) is 6.30. The fourth-order valence-electron chi connectivity index (χ4n) is 0.752. The van der Waals surface area contributed by atoms with E-state index in [1.807, 2.05) is 0 Å². The molecule has 0 unspecified atom stereocenters. The summed E-state index contributed by atoms with van der Waals surface area (Å²) in [5, 5.41) is 0. The molecule has 0 aliphatic rings. The summed E-state index contributed by atoms with van der Waals surface area (Å²) >= 11 is 0. The summed E-state index contributed by atoms with van der Waals surface area (Å²) in [6, 6.07) is 1.53. The first kappa shape index (κ1) is 7.78. The van der Waals surface area contributed by atoms with E-state index in [4.69, 9.17) is 9.47 Å². The number of nitrogens with zero attached hydrogens (tertiary/aromatic N) is 1. The molecule has 0 fully saturated rings. The smallest absolute Gasteiger partial charge is 0.259 e. The van der Waals surface area contributed by atoms with Gasteiger partial charge in [-0.1, -0.05) is 0 Å². The van der Waals surface area contributed by atoms with E-state index < -0.39 is 5.95 Å². The number of pyridine rings is 1. The van der Waals surface area contributed by atoms with Crippen LogP contribution < -0.4 is 9.47 Å². The monoisotopic (exact) mass is 157 g/mol. The number of hydrogen-bond acceptors (Lipinski definition) is 3. The summed E-state index contributed by atoms with van der Waals surface area (Å²) in [4.78, 5) is 3.39. The van der Waals surface area contributed by atoms with Crippen LogP contribution in [0.1, 0.15) is 0 Å². The Labute approximate surface area is 63.8 Å². The number of ether oxygens (including phenoxy) is 2. The van der Waals surface area contributed by atoms with Gasteiger partial charge in [0.05, 0.1) is 14.2 Å². The van der Waals surface area contributed by atoms with Gasteiger partial charge >= 0.3 is 0 Å². The number of hydrogen-bond donors (Lipinski definition) is 0. The Balaban J connectivity index is 3.13. The van der Waals surface area contributed by atoms with Crippen LogP contribution in [0.2, 0.25) is 0 Å². The van der Waals surface area contributed by atoms with Gasteiger partial charge in [-0.05, 0) is 0 Å². The maximum Gasteiger partial charge on any atom is 0.259 e. The third kappa shape index (κ3) is 1.39. The second kappa shape index (κ2) is 3.18. The number of methoxy groups -OCH3 is 2. The van der Waals surface area contributed by atoms with Crippen molar-refractivity contribution in [2.45, 2.75) is 0 Å². The Morgan fingerprint density at radius 2 is 2.09 bits per heavy atom. The maximum atomic E-state index is 12.7. The van der Waals surface area contributed by atoms with Gasteiger partial charge in [0.15, 0.2) is 5.75 Å². The molecule has 0 N–H and O–H groups in total. The van der Waals surface area contributed by atoms with Gasteiger partial charge in [-0.2, -0.15) is 4.39 Å². The zero-order chi connectivity index (χ0) is 8.27. The van der Waals surface area contributed by atoms with Crippen LogP contribution in [0.4, 0.5) is 4.39 Å². The number of aromatic nitrogens is 1. The first-order valence-electron chi connectivity index (χ1n) is 3.02. The summed E-state index contributed by atoms with van der Waals surface area (Å²) < 4.78 is 22.2. The normalized spacial score (nSPS) is 9.36. The lowest BCUT2D eigenvalue weighted by atomic mass is 10.4. The summed E-state index contributed by atoms with van der Waals surface area (Å²) in [5.41, 5.74) is 0. The molecule has 0 amide bonds. The standard InChI is InChI=1S/C7H8FNO2/c1-10-5-3-4-9-7(8)6(5)11-2/h3-4H,1-2H3. The van der Waals surface area contributed by atoms with E-state index in [0.29, 0.717) is 5.75 Å². The quantitative estimate of drug-likeness (QED) is 0.605. The highest BCUT2D eigenvalue weighted by molar-refractivity contribution is 5.37. The molecule has 1 aromatic heterocycles. The van der Waals surface area contributed by atoms with Crippen LogP contribution in [0, 0.1) is 5.95 Å². The third-order valence-electron chi connectivity index (χ3n) is 1.25. The SMILES string of the molecule is COc1ccnc(F)c1OC. The van der Waals surface area contributed by atoms with Crippen LogP contribution >= 0.6 is 0 Å². The lowest BCUT2D eigenvalue weighted by Gasteiger charge is -2.05.